The average molecular weight is 269 g/mol. The number of alkyl halides is 1. The highest BCUT2D eigenvalue weighted by Gasteiger charge is 2.29. The van der Waals surface area contributed by atoms with Gasteiger partial charge in [0.1, 0.15) is 0 Å². The van der Waals surface area contributed by atoms with Gasteiger partial charge in [-0.25, -0.2) is 0 Å². The molecule has 0 aliphatic carbocycles. The van der Waals surface area contributed by atoms with Crippen molar-refractivity contribution in [1.82, 2.24) is 9.88 Å². The van der Waals surface area contributed by atoms with E-state index in [1.165, 1.54) is 18.5 Å². The molecule has 2 nitrogen and oxygen atoms in total. The van der Waals surface area contributed by atoms with Crippen LogP contribution >= 0.6 is 15.9 Å². The molecule has 1 aromatic heterocycles. The van der Waals surface area contributed by atoms with E-state index in [2.05, 4.69) is 38.8 Å². The van der Waals surface area contributed by atoms with Crippen LogP contribution in [0, 0.1) is 5.92 Å². The lowest BCUT2D eigenvalue weighted by molar-refractivity contribution is 0.244. The molecule has 2 atom stereocenters. The van der Waals surface area contributed by atoms with Crippen molar-refractivity contribution in [3.8, 4) is 0 Å². The van der Waals surface area contributed by atoms with Crippen molar-refractivity contribution in [1.29, 1.82) is 0 Å². The summed E-state index contributed by atoms with van der Waals surface area (Å²) in [6.07, 6.45) is 5.11. The maximum atomic E-state index is 4.16. The second-order valence-electron chi connectivity index (χ2n) is 4.32. The number of nitrogens with zero attached hydrogens (tertiary/aromatic N) is 2. The normalized spacial score (nSPS) is 27.1. The molecule has 0 saturated carbocycles. The third-order valence-electron chi connectivity index (χ3n) is 3.26. The molecule has 0 N–H and O–H groups in total. The predicted octanol–water partition coefficient (Wildman–Crippen LogP) is 2.69. The molecule has 1 aromatic rings. The lowest BCUT2D eigenvalue weighted by Gasteiger charge is -2.24. The van der Waals surface area contributed by atoms with Crippen molar-refractivity contribution in [3.05, 3.63) is 30.1 Å². The van der Waals surface area contributed by atoms with Crippen molar-refractivity contribution in [3.63, 3.8) is 0 Å². The van der Waals surface area contributed by atoms with Crippen molar-refractivity contribution in [2.45, 2.75) is 25.9 Å². The molecule has 1 saturated heterocycles. The zero-order valence-electron chi connectivity index (χ0n) is 9.06. The highest BCUT2D eigenvalue weighted by atomic mass is 79.9. The Balaban J connectivity index is 2.00. The smallest absolute Gasteiger partial charge is 0.0312 e. The second-order valence-corrected chi connectivity index (χ2v) is 4.97. The summed E-state index contributed by atoms with van der Waals surface area (Å²) >= 11 is 3.61. The van der Waals surface area contributed by atoms with Crippen LogP contribution in [-0.4, -0.2) is 27.8 Å². The van der Waals surface area contributed by atoms with Crippen molar-refractivity contribution < 1.29 is 0 Å². The van der Waals surface area contributed by atoms with E-state index in [0.29, 0.717) is 6.04 Å². The Labute approximate surface area is 99.8 Å². The molecule has 1 fully saturated rings. The average Bonchev–Trinajstić information content (AvgIpc) is 2.61. The Morgan fingerprint density at radius 1 is 1.60 bits per heavy atom. The van der Waals surface area contributed by atoms with Gasteiger partial charge in [0.25, 0.3) is 0 Å². The molecule has 0 spiro atoms. The summed E-state index contributed by atoms with van der Waals surface area (Å²) in [5.74, 6) is 0.807. The SMILES string of the molecule is CC1CCN(Cc2cccnc2)C1CBr. The zero-order chi connectivity index (χ0) is 10.7. The van der Waals surface area contributed by atoms with E-state index >= 15 is 0 Å². The minimum atomic E-state index is 0.685. The van der Waals surface area contributed by atoms with Crippen LogP contribution in [0.5, 0.6) is 0 Å². The Hall–Kier alpha value is -0.410. The number of halogens is 1. The summed E-state index contributed by atoms with van der Waals surface area (Å²) in [5.41, 5.74) is 1.32. The lowest BCUT2D eigenvalue weighted by Crippen LogP contribution is -2.32. The number of pyridine rings is 1. The number of hydrogen-bond acceptors (Lipinski definition) is 2. The Morgan fingerprint density at radius 2 is 2.47 bits per heavy atom. The van der Waals surface area contributed by atoms with Gasteiger partial charge in [0.15, 0.2) is 0 Å². The van der Waals surface area contributed by atoms with E-state index in [1.54, 1.807) is 0 Å². The van der Waals surface area contributed by atoms with Crippen LogP contribution < -0.4 is 0 Å². The second kappa shape index (κ2) is 5.08. The molecule has 0 bridgehead atoms. The Bertz CT molecular complexity index is 302. The first-order chi connectivity index (χ1) is 7.31. The van der Waals surface area contributed by atoms with Crippen LogP contribution in [-0.2, 0) is 6.54 Å². The molecule has 1 aliphatic rings. The highest BCUT2D eigenvalue weighted by Crippen LogP contribution is 2.26. The fraction of sp³-hybridized carbons (Fsp3) is 0.583. The maximum absolute atomic E-state index is 4.16. The summed E-state index contributed by atoms with van der Waals surface area (Å²) in [7, 11) is 0. The third-order valence-corrected chi connectivity index (χ3v) is 3.93. The molecule has 3 heteroatoms. The number of aromatic nitrogens is 1. The first-order valence-corrected chi connectivity index (χ1v) is 6.62. The van der Waals surface area contributed by atoms with Gasteiger partial charge in [-0.15, -0.1) is 0 Å². The first-order valence-electron chi connectivity index (χ1n) is 5.50. The number of rotatable bonds is 3. The van der Waals surface area contributed by atoms with Crippen LogP contribution in [0.1, 0.15) is 18.9 Å². The zero-order valence-corrected chi connectivity index (χ0v) is 10.7. The van der Waals surface area contributed by atoms with Gasteiger partial charge in [0.2, 0.25) is 0 Å². The molecule has 15 heavy (non-hydrogen) atoms. The lowest BCUT2D eigenvalue weighted by atomic mass is 10.1. The molecular weight excluding hydrogens is 252 g/mol. The van der Waals surface area contributed by atoms with Gasteiger partial charge in [-0.3, -0.25) is 9.88 Å². The predicted molar refractivity (Wildman–Crippen MR) is 66.0 cm³/mol. The summed E-state index contributed by atoms with van der Waals surface area (Å²) in [6.45, 7) is 4.59. The molecule has 1 aliphatic heterocycles. The summed E-state index contributed by atoms with van der Waals surface area (Å²) in [6, 6.07) is 4.85. The van der Waals surface area contributed by atoms with Gasteiger partial charge in [-0.2, -0.15) is 0 Å². The molecule has 82 valence electrons. The summed E-state index contributed by atoms with van der Waals surface area (Å²) in [5, 5.41) is 1.08. The van der Waals surface area contributed by atoms with Gasteiger partial charge in [-0.05, 0) is 30.5 Å². The minimum absolute atomic E-state index is 0.685. The van der Waals surface area contributed by atoms with E-state index in [9.17, 15) is 0 Å². The Morgan fingerprint density at radius 3 is 3.13 bits per heavy atom. The van der Waals surface area contributed by atoms with Crippen LogP contribution in [0.2, 0.25) is 0 Å². The van der Waals surface area contributed by atoms with Crippen molar-refractivity contribution in [2.75, 3.05) is 11.9 Å². The maximum Gasteiger partial charge on any atom is 0.0312 e. The van der Waals surface area contributed by atoms with Gasteiger partial charge < -0.3 is 0 Å². The molecule has 0 aromatic carbocycles. The number of hydrogen-bond donors (Lipinski definition) is 0. The fourth-order valence-electron chi connectivity index (χ4n) is 2.26. The van der Waals surface area contributed by atoms with Crippen molar-refractivity contribution in [2.24, 2.45) is 5.92 Å². The van der Waals surface area contributed by atoms with Crippen LogP contribution in [0.3, 0.4) is 0 Å². The third kappa shape index (κ3) is 2.58. The summed E-state index contributed by atoms with van der Waals surface area (Å²) < 4.78 is 0. The van der Waals surface area contributed by atoms with E-state index < -0.39 is 0 Å². The first kappa shape index (κ1) is 11.1. The number of likely N-dealkylation sites (tertiary alicyclic amines) is 1. The molecular formula is C12H17BrN2. The van der Waals surface area contributed by atoms with Crippen molar-refractivity contribution >= 4 is 15.9 Å². The minimum Gasteiger partial charge on any atom is -0.295 e. The standard InChI is InChI=1S/C12H17BrN2/c1-10-4-6-15(12(10)7-13)9-11-3-2-5-14-8-11/h2-3,5,8,10,12H,4,6-7,9H2,1H3. The molecule has 0 radical (unpaired) electrons. The molecule has 2 heterocycles. The molecule has 0 amide bonds. The van der Waals surface area contributed by atoms with Gasteiger partial charge >= 0.3 is 0 Å². The largest absolute Gasteiger partial charge is 0.295 e. The highest BCUT2D eigenvalue weighted by molar-refractivity contribution is 9.09. The van der Waals surface area contributed by atoms with E-state index in [0.717, 1.165) is 17.8 Å². The topological polar surface area (TPSA) is 16.1 Å². The van der Waals surface area contributed by atoms with E-state index in [-0.39, 0.29) is 0 Å². The molecule has 2 unspecified atom stereocenters. The van der Waals surface area contributed by atoms with Gasteiger partial charge in [-0.1, -0.05) is 28.9 Å². The van der Waals surface area contributed by atoms with Gasteiger partial charge in [0.05, 0.1) is 0 Å². The van der Waals surface area contributed by atoms with Crippen LogP contribution in [0.4, 0.5) is 0 Å². The van der Waals surface area contributed by atoms with Crippen LogP contribution in [0.25, 0.3) is 0 Å². The van der Waals surface area contributed by atoms with Crippen LogP contribution in [0.15, 0.2) is 24.5 Å². The monoisotopic (exact) mass is 268 g/mol. The summed E-state index contributed by atoms with van der Waals surface area (Å²) in [4.78, 5) is 6.71. The fourth-order valence-corrected chi connectivity index (χ4v) is 3.31. The van der Waals surface area contributed by atoms with Gasteiger partial charge in [0, 0.05) is 30.3 Å². The molecule has 2 rings (SSSR count). The van der Waals surface area contributed by atoms with E-state index in [4.69, 9.17) is 0 Å². The van der Waals surface area contributed by atoms with E-state index in [1.807, 2.05) is 18.5 Å². The quantitative estimate of drug-likeness (QED) is 0.784. The Kier molecular flexibility index (Phi) is 3.76.